The number of halogens is 1. The summed E-state index contributed by atoms with van der Waals surface area (Å²) in [6.45, 7) is -0.325. The molecule has 9 heteroatoms. The number of aromatic nitrogens is 2. The minimum atomic E-state index is -0.644. The average Bonchev–Trinajstić information content (AvgIpc) is 3.04. The number of carbonyl (C=O) groups is 2. The van der Waals surface area contributed by atoms with Gasteiger partial charge in [0.2, 0.25) is 16.9 Å². The number of nitrogens with zero attached hydrogens (tertiary/aromatic N) is 2. The molecule has 23 heavy (non-hydrogen) atoms. The second kappa shape index (κ2) is 8.30. The van der Waals surface area contributed by atoms with Gasteiger partial charge in [-0.1, -0.05) is 23.5 Å². The number of rotatable bonds is 7. The molecular formula is C14H15FN4O3S. The van der Waals surface area contributed by atoms with Crippen LogP contribution in [0, 0.1) is 5.82 Å². The first kappa shape index (κ1) is 17.0. The molecule has 0 saturated carbocycles. The van der Waals surface area contributed by atoms with Gasteiger partial charge in [0.1, 0.15) is 11.3 Å². The number of carbonyl (C=O) groups excluding carboxylic acids is 2. The van der Waals surface area contributed by atoms with E-state index in [9.17, 15) is 19.1 Å². The molecule has 0 radical (unpaired) electrons. The summed E-state index contributed by atoms with van der Waals surface area (Å²) >= 11 is 1.18. The molecule has 0 fully saturated rings. The maximum Gasteiger partial charge on any atom is 0.226 e. The lowest BCUT2D eigenvalue weighted by molar-refractivity contribution is -0.125. The molecule has 0 bridgehead atoms. The number of benzene rings is 1. The summed E-state index contributed by atoms with van der Waals surface area (Å²) in [4.78, 5) is 23.5. The van der Waals surface area contributed by atoms with Gasteiger partial charge < -0.3 is 15.7 Å². The van der Waals surface area contributed by atoms with Crippen molar-refractivity contribution in [2.75, 3.05) is 11.9 Å². The Morgan fingerprint density at radius 2 is 1.91 bits per heavy atom. The molecule has 1 aromatic heterocycles. The normalized spacial score (nSPS) is 11.7. The summed E-state index contributed by atoms with van der Waals surface area (Å²) in [5.74, 6) is -1.13. The van der Waals surface area contributed by atoms with E-state index in [0.29, 0.717) is 10.7 Å². The zero-order valence-electron chi connectivity index (χ0n) is 12.0. The number of hydrogen-bond acceptors (Lipinski definition) is 6. The largest absolute Gasteiger partial charge is 0.394 e. The van der Waals surface area contributed by atoms with Gasteiger partial charge in [-0.05, 0) is 17.7 Å². The molecular weight excluding hydrogens is 323 g/mol. The van der Waals surface area contributed by atoms with Gasteiger partial charge in [0.05, 0.1) is 12.6 Å². The lowest BCUT2D eigenvalue weighted by atomic mass is 10.1. The van der Waals surface area contributed by atoms with Crippen LogP contribution in [0.5, 0.6) is 0 Å². The van der Waals surface area contributed by atoms with E-state index in [1.54, 1.807) is 0 Å². The first-order chi connectivity index (χ1) is 11.1. The van der Waals surface area contributed by atoms with Gasteiger partial charge >= 0.3 is 0 Å². The number of anilines is 1. The molecule has 0 aliphatic rings. The quantitative estimate of drug-likeness (QED) is 0.705. The van der Waals surface area contributed by atoms with Crippen LogP contribution in [0.1, 0.15) is 24.4 Å². The predicted octanol–water partition coefficient (Wildman–Crippen LogP) is 1.25. The molecule has 3 N–H and O–H groups in total. The highest BCUT2D eigenvalue weighted by molar-refractivity contribution is 7.13. The van der Waals surface area contributed by atoms with Gasteiger partial charge in [0, 0.05) is 12.8 Å². The molecule has 2 rings (SSSR count). The summed E-state index contributed by atoms with van der Waals surface area (Å²) in [6.07, 6.45) is -0.0602. The van der Waals surface area contributed by atoms with Crippen LogP contribution in [0.15, 0.2) is 29.8 Å². The van der Waals surface area contributed by atoms with E-state index in [0.717, 1.165) is 0 Å². The second-order valence-corrected chi connectivity index (χ2v) is 5.48. The third kappa shape index (κ3) is 5.38. The van der Waals surface area contributed by atoms with Crippen LogP contribution in [0.25, 0.3) is 0 Å². The standard InChI is InChI=1S/C14H15FN4O3S/c15-10-3-1-9(2-4-10)11(7-20)17-12(21)5-6-13(22)18-14-19-16-8-23-14/h1-4,8,11,20H,5-7H2,(H,17,21)(H,18,19,22). The maximum atomic E-state index is 12.9. The van der Waals surface area contributed by atoms with Gasteiger partial charge in [0.15, 0.2) is 0 Å². The van der Waals surface area contributed by atoms with Crippen LogP contribution in [-0.4, -0.2) is 33.7 Å². The second-order valence-electron chi connectivity index (χ2n) is 4.65. The molecule has 7 nitrogen and oxygen atoms in total. The molecule has 1 aromatic carbocycles. The topological polar surface area (TPSA) is 104 Å². The third-order valence-electron chi connectivity index (χ3n) is 2.98. The molecule has 0 saturated heterocycles. The van der Waals surface area contributed by atoms with Crippen molar-refractivity contribution in [3.8, 4) is 0 Å². The smallest absolute Gasteiger partial charge is 0.226 e. The molecule has 1 atom stereocenters. The SMILES string of the molecule is O=C(CCC(=O)NC(CO)c1ccc(F)cc1)Nc1nncs1. The maximum absolute atomic E-state index is 12.9. The zero-order valence-corrected chi connectivity index (χ0v) is 12.8. The van der Waals surface area contributed by atoms with E-state index in [4.69, 9.17) is 0 Å². The first-order valence-electron chi connectivity index (χ1n) is 6.80. The van der Waals surface area contributed by atoms with Crippen molar-refractivity contribution in [3.05, 3.63) is 41.2 Å². The lowest BCUT2D eigenvalue weighted by Crippen LogP contribution is -2.31. The minimum absolute atomic E-state index is 0.0209. The van der Waals surface area contributed by atoms with Gasteiger partial charge in [-0.25, -0.2) is 4.39 Å². The molecule has 2 aromatic rings. The van der Waals surface area contributed by atoms with Gasteiger partial charge in [-0.2, -0.15) is 0 Å². The van der Waals surface area contributed by atoms with Crippen molar-refractivity contribution in [2.45, 2.75) is 18.9 Å². The fourth-order valence-electron chi connectivity index (χ4n) is 1.83. The van der Waals surface area contributed by atoms with E-state index in [2.05, 4.69) is 20.8 Å². The highest BCUT2D eigenvalue weighted by Crippen LogP contribution is 2.14. The Labute approximate surface area is 135 Å². The lowest BCUT2D eigenvalue weighted by Gasteiger charge is -2.16. The molecule has 2 amide bonds. The van der Waals surface area contributed by atoms with Crippen LogP contribution < -0.4 is 10.6 Å². The number of amides is 2. The fraction of sp³-hybridized carbons (Fsp3) is 0.286. The number of hydrogen-bond donors (Lipinski definition) is 3. The number of aliphatic hydroxyl groups excluding tert-OH is 1. The van der Waals surface area contributed by atoms with Crippen molar-refractivity contribution in [2.24, 2.45) is 0 Å². The molecule has 0 spiro atoms. The third-order valence-corrected chi connectivity index (χ3v) is 3.58. The highest BCUT2D eigenvalue weighted by atomic mass is 32.1. The Morgan fingerprint density at radius 3 is 2.52 bits per heavy atom. The molecule has 0 aliphatic carbocycles. The van der Waals surface area contributed by atoms with Gasteiger partial charge in [-0.15, -0.1) is 10.2 Å². The van der Waals surface area contributed by atoms with Crippen molar-refractivity contribution in [1.82, 2.24) is 15.5 Å². The number of nitrogens with one attached hydrogen (secondary N) is 2. The van der Waals surface area contributed by atoms with Crippen LogP contribution in [0.4, 0.5) is 9.52 Å². The first-order valence-corrected chi connectivity index (χ1v) is 7.68. The van der Waals surface area contributed by atoms with Crippen LogP contribution in [0.3, 0.4) is 0 Å². The Morgan fingerprint density at radius 1 is 1.22 bits per heavy atom. The van der Waals surface area contributed by atoms with Gasteiger partial charge in [0.25, 0.3) is 0 Å². The van der Waals surface area contributed by atoms with Crippen LogP contribution in [0.2, 0.25) is 0 Å². The predicted molar refractivity (Wildman–Crippen MR) is 82.1 cm³/mol. The Kier molecular flexibility index (Phi) is 6.12. The molecule has 1 heterocycles. The summed E-state index contributed by atoms with van der Waals surface area (Å²) in [6, 6.07) is 4.82. The number of aliphatic hydroxyl groups is 1. The van der Waals surface area contributed by atoms with Crippen LogP contribution in [-0.2, 0) is 9.59 Å². The average molecular weight is 338 g/mol. The van der Waals surface area contributed by atoms with Crippen molar-refractivity contribution < 1.29 is 19.1 Å². The zero-order chi connectivity index (χ0) is 16.7. The van der Waals surface area contributed by atoms with Gasteiger partial charge in [-0.3, -0.25) is 9.59 Å². The fourth-order valence-corrected chi connectivity index (χ4v) is 2.29. The van der Waals surface area contributed by atoms with E-state index >= 15 is 0 Å². The van der Waals surface area contributed by atoms with E-state index < -0.39 is 11.9 Å². The summed E-state index contributed by atoms with van der Waals surface area (Å²) in [5, 5.41) is 22.1. The summed E-state index contributed by atoms with van der Waals surface area (Å²) < 4.78 is 12.9. The van der Waals surface area contributed by atoms with E-state index in [-0.39, 0.29) is 31.3 Å². The molecule has 122 valence electrons. The summed E-state index contributed by atoms with van der Waals surface area (Å²) in [5.41, 5.74) is 2.07. The Bertz CT molecular complexity index is 649. The minimum Gasteiger partial charge on any atom is -0.394 e. The Hall–Kier alpha value is -2.39. The van der Waals surface area contributed by atoms with Crippen molar-refractivity contribution >= 4 is 28.3 Å². The monoisotopic (exact) mass is 338 g/mol. The summed E-state index contributed by atoms with van der Waals surface area (Å²) in [7, 11) is 0. The van der Waals surface area contributed by atoms with Crippen LogP contribution >= 0.6 is 11.3 Å². The van der Waals surface area contributed by atoms with E-state index in [1.165, 1.54) is 41.1 Å². The Balaban J connectivity index is 1.80. The molecule has 1 unspecified atom stereocenters. The highest BCUT2D eigenvalue weighted by Gasteiger charge is 2.15. The van der Waals surface area contributed by atoms with E-state index in [1.807, 2.05) is 0 Å². The molecule has 0 aliphatic heterocycles. The van der Waals surface area contributed by atoms with Crippen molar-refractivity contribution in [3.63, 3.8) is 0 Å². The van der Waals surface area contributed by atoms with Crippen molar-refractivity contribution in [1.29, 1.82) is 0 Å².